The van der Waals surface area contributed by atoms with E-state index < -0.39 is 0 Å². The minimum absolute atomic E-state index is 0. The molecule has 1 aliphatic rings. The summed E-state index contributed by atoms with van der Waals surface area (Å²) >= 11 is 5.76. The monoisotopic (exact) mass is 263 g/mol. The molecule has 1 amide bonds. The minimum atomic E-state index is 0. The average Bonchev–Trinajstić information content (AvgIpc) is 2.64. The molecule has 1 aliphatic heterocycles. The van der Waals surface area contributed by atoms with E-state index in [1.165, 1.54) is 0 Å². The smallest absolute Gasteiger partial charge is 0.270 e. The number of piperazine rings is 1. The van der Waals surface area contributed by atoms with Crippen molar-refractivity contribution in [3.05, 3.63) is 23.0 Å². The summed E-state index contributed by atoms with van der Waals surface area (Å²) in [6.45, 7) is 4.41. The number of hydrogen-bond acceptors (Lipinski definition) is 2. The summed E-state index contributed by atoms with van der Waals surface area (Å²) in [6, 6.07) is 2.02. The van der Waals surface area contributed by atoms with Crippen molar-refractivity contribution in [3.63, 3.8) is 0 Å². The van der Waals surface area contributed by atoms with Crippen LogP contribution in [0.3, 0.4) is 0 Å². The number of carbonyl (C=O) groups excluding carboxylic acids is 1. The van der Waals surface area contributed by atoms with Crippen molar-refractivity contribution in [3.8, 4) is 0 Å². The normalized spacial score (nSPS) is 20.4. The van der Waals surface area contributed by atoms with E-state index in [1.807, 2.05) is 4.90 Å². The zero-order valence-electron chi connectivity index (χ0n) is 9.00. The molecule has 1 fully saturated rings. The van der Waals surface area contributed by atoms with E-state index in [0.29, 0.717) is 16.8 Å². The molecule has 1 aromatic heterocycles. The van der Waals surface area contributed by atoms with Gasteiger partial charge in [-0.05, 0) is 13.0 Å². The van der Waals surface area contributed by atoms with Crippen LogP contribution in [0, 0.1) is 0 Å². The zero-order valence-corrected chi connectivity index (χ0v) is 10.6. The van der Waals surface area contributed by atoms with Crippen LogP contribution in [0.5, 0.6) is 0 Å². The van der Waals surface area contributed by atoms with Gasteiger partial charge in [0.2, 0.25) is 0 Å². The maximum atomic E-state index is 12.0. The van der Waals surface area contributed by atoms with E-state index in [2.05, 4.69) is 17.2 Å². The molecule has 0 spiro atoms. The molecule has 1 unspecified atom stereocenters. The van der Waals surface area contributed by atoms with Gasteiger partial charge in [0, 0.05) is 31.9 Å². The number of nitrogens with one attached hydrogen (secondary N) is 2. The minimum Gasteiger partial charge on any atom is -0.356 e. The first-order valence-corrected chi connectivity index (χ1v) is 5.41. The van der Waals surface area contributed by atoms with Crippen LogP contribution >= 0.6 is 24.0 Å². The lowest BCUT2D eigenvalue weighted by molar-refractivity contribution is 0.0704. The van der Waals surface area contributed by atoms with Crippen molar-refractivity contribution in [2.24, 2.45) is 0 Å². The Labute approximate surface area is 106 Å². The van der Waals surface area contributed by atoms with E-state index in [-0.39, 0.29) is 18.3 Å². The van der Waals surface area contributed by atoms with Crippen molar-refractivity contribution in [1.82, 2.24) is 15.2 Å². The highest BCUT2D eigenvalue weighted by Crippen LogP contribution is 2.12. The molecule has 2 N–H and O–H groups in total. The summed E-state index contributed by atoms with van der Waals surface area (Å²) in [5.41, 5.74) is 0.564. The Morgan fingerprint density at radius 1 is 1.62 bits per heavy atom. The summed E-state index contributed by atoms with van der Waals surface area (Å²) < 4.78 is 0. The predicted octanol–water partition coefficient (Wildman–Crippen LogP) is 1.52. The van der Waals surface area contributed by atoms with Crippen LogP contribution in [0.4, 0.5) is 0 Å². The highest BCUT2D eigenvalue weighted by Gasteiger charge is 2.22. The molecule has 0 saturated carbocycles. The van der Waals surface area contributed by atoms with Gasteiger partial charge in [0.25, 0.3) is 5.91 Å². The van der Waals surface area contributed by atoms with Crippen molar-refractivity contribution >= 4 is 29.9 Å². The molecule has 1 aromatic rings. The third kappa shape index (κ3) is 2.90. The number of H-pyrrole nitrogens is 1. The van der Waals surface area contributed by atoms with Crippen molar-refractivity contribution in [2.45, 2.75) is 13.0 Å². The molecular formula is C10H15Cl2N3O. The lowest BCUT2D eigenvalue weighted by Gasteiger charge is -2.31. The van der Waals surface area contributed by atoms with Gasteiger partial charge in [-0.1, -0.05) is 11.6 Å². The van der Waals surface area contributed by atoms with Crippen LogP contribution in [-0.2, 0) is 0 Å². The Bertz CT molecular complexity index is 367. The fraction of sp³-hybridized carbons (Fsp3) is 0.500. The maximum absolute atomic E-state index is 12.0. The molecule has 2 heterocycles. The van der Waals surface area contributed by atoms with E-state index in [9.17, 15) is 4.79 Å². The largest absolute Gasteiger partial charge is 0.356 e. The fourth-order valence-corrected chi connectivity index (χ4v) is 1.94. The van der Waals surface area contributed by atoms with Crippen LogP contribution in [0.2, 0.25) is 5.02 Å². The number of nitrogens with zero attached hydrogens (tertiary/aromatic N) is 1. The quantitative estimate of drug-likeness (QED) is 0.808. The Morgan fingerprint density at radius 2 is 2.38 bits per heavy atom. The highest BCUT2D eigenvalue weighted by molar-refractivity contribution is 6.30. The Balaban J connectivity index is 0.00000128. The molecule has 0 radical (unpaired) electrons. The molecule has 4 nitrogen and oxygen atoms in total. The number of carbonyl (C=O) groups is 1. The summed E-state index contributed by atoms with van der Waals surface area (Å²) in [4.78, 5) is 16.7. The summed E-state index contributed by atoms with van der Waals surface area (Å²) in [6.07, 6.45) is 1.63. The summed E-state index contributed by atoms with van der Waals surface area (Å²) in [5.74, 6) is 0.0234. The summed E-state index contributed by atoms with van der Waals surface area (Å²) in [5, 5.41) is 3.86. The topological polar surface area (TPSA) is 48.1 Å². The second-order valence-corrected chi connectivity index (χ2v) is 4.27. The molecule has 0 bridgehead atoms. The number of aromatic nitrogens is 1. The molecule has 2 rings (SSSR count). The second-order valence-electron chi connectivity index (χ2n) is 3.84. The first-order valence-electron chi connectivity index (χ1n) is 5.03. The number of aromatic amines is 1. The van der Waals surface area contributed by atoms with Crippen LogP contribution < -0.4 is 5.32 Å². The molecule has 90 valence electrons. The molecule has 0 aromatic carbocycles. The van der Waals surface area contributed by atoms with Crippen LogP contribution in [0.1, 0.15) is 17.4 Å². The highest BCUT2D eigenvalue weighted by atomic mass is 35.5. The molecule has 6 heteroatoms. The predicted molar refractivity (Wildman–Crippen MR) is 66.4 cm³/mol. The lowest BCUT2D eigenvalue weighted by atomic mass is 10.2. The van der Waals surface area contributed by atoms with E-state index in [0.717, 1.165) is 19.6 Å². The van der Waals surface area contributed by atoms with Gasteiger partial charge in [0.1, 0.15) is 5.69 Å². The maximum Gasteiger partial charge on any atom is 0.270 e. The Morgan fingerprint density at radius 3 is 2.94 bits per heavy atom. The molecule has 1 atom stereocenters. The van der Waals surface area contributed by atoms with E-state index >= 15 is 0 Å². The number of halogens is 2. The third-order valence-electron chi connectivity index (χ3n) is 2.53. The molecule has 16 heavy (non-hydrogen) atoms. The van der Waals surface area contributed by atoms with Gasteiger partial charge in [-0.15, -0.1) is 12.4 Å². The van der Waals surface area contributed by atoms with E-state index in [1.54, 1.807) is 12.3 Å². The van der Waals surface area contributed by atoms with E-state index in [4.69, 9.17) is 11.6 Å². The fourth-order valence-electron chi connectivity index (χ4n) is 1.78. The van der Waals surface area contributed by atoms with Crippen molar-refractivity contribution in [2.75, 3.05) is 19.6 Å². The van der Waals surface area contributed by atoms with Gasteiger partial charge in [-0.2, -0.15) is 0 Å². The van der Waals surface area contributed by atoms with Gasteiger partial charge < -0.3 is 15.2 Å². The van der Waals surface area contributed by atoms with Crippen LogP contribution in [0.15, 0.2) is 12.3 Å². The average molecular weight is 264 g/mol. The van der Waals surface area contributed by atoms with Crippen molar-refractivity contribution in [1.29, 1.82) is 0 Å². The van der Waals surface area contributed by atoms with Gasteiger partial charge in [-0.3, -0.25) is 4.79 Å². The van der Waals surface area contributed by atoms with Gasteiger partial charge in [0.15, 0.2) is 0 Å². The number of rotatable bonds is 1. The Kier molecular flexibility index (Phi) is 4.65. The third-order valence-corrected chi connectivity index (χ3v) is 2.75. The molecular weight excluding hydrogens is 249 g/mol. The second kappa shape index (κ2) is 5.57. The Hall–Kier alpha value is -0.710. The first-order chi connectivity index (χ1) is 7.16. The molecule has 0 aliphatic carbocycles. The molecule has 1 saturated heterocycles. The first kappa shape index (κ1) is 13.4. The van der Waals surface area contributed by atoms with Crippen molar-refractivity contribution < 1.29 is 4.79 Å². The van der Waals surface area contributed by atoms with Gasteiger partial charge >= 0.3 is 0 Å². The zero-order chi connectivity index (χ0) is 10.8. The standard InChI is InChI=1S/C10H14ClN3O.ClH/c1-7-6-14(3-2-12-7)10(15)9-4-8(11)5-13-9;/h4-5,7,12-13H,2-3,6H2,1H3;1H. The lowest BCUT2D eigenvalue weighted by Crippen LogP contribution is -2.51. The number of amides is 1. The van der Waals surface area contributed by atoms with Crippen LogP contribution in [-0.4, -0.2) is 41.5 Å². The summed E-state index contributed by atoms with van der Waals surface area (Å²) in [7, 11) is 0. The SMILES string of the molecule is CC1CN(C(=O)c2cc(Cl)c[nH]2)CCN1.Cl. The number of hydrogen-bond donors (Lipinski definition) is 2. The van der Waals surface area contributed by atoms with Gasteiger partial charge in [0.05, 0.1) is 5.02 Å². The van der Waals surface area contributed by atoms with Crippen LogP contribution in [0.25, 0.3) is 0 Å². The van der Waals surface area contributed by atoms with Gasteiger partial charge in [-0.25, -0.2) is 0 Å².